The number of nitrogens with zero attached hydrogens (tertiary/aromatic N) is 3. The summed E-state index contributed by atoms with van der Waals surface area (Å²) >= 11 is 1.65. The van der Waals surface area contributed by atoms with E-state index in [-0.39, 0.29) is 6.04 Å². The first-order valence-electron chi connectivity index (χ1n) is 10.6. The number of aromatic nitrogens is 2. The number of hydrogen-bond donors (Lipinski definition) is 2. The first kappa shape index (κ1) is 21.2. The molecule has 7 nitrogen and oxygen atoms in total. The van der Waals surface area contributed by atoms with Gasteiger partial charge in [-0.25, -0.2) is 9.97 Å². The molecule has 8 heteroatoms. The minimum Gasteiger partial charge on any atom is -0.383 e. The lowest BCUT2D eigenvalue weighted by molar-refractivity contribution is -0.146. The van der Waals surface area contributed by atoms with Crippen molar-refractivity contribution in [1.82, 2.24) is 14.9 Å². The van der Waals surface area contributed by atoms with Crippen LogP contribution in [0.4, 0.5) is 11.5 Å². The minimum atomic E-state index is -0.654. The number of nitrogens with two attached hydrogens (primary N) is 1. The van der Waals surface area contributed by atoms with E-state index in [2.05, 4.69) is 40.4 Å². The zero-order chi connectivity index (χ0) is 22.1. The fourth-order valence-electron chi connectivity index (χ4n) is 4.18. The second-order valence-corrected chi connectivity index (χ2v) is 9.43. The molecule has 162 valence electrons. The predicted molar refractivity (Wildman–Crippen MR) is 124 cm³/mol. The van der Waals surface area contributed by atoms with E-state index in [1.807, 2.05) is 13.8 Å². The Morgan fingerprint density at radius 1 is 1.29 bits per heavy atom. The highest BCUT2D eigenvalue weighted by Crippen LogP contribution is 2.35. The highest BCUT2D eigenvalue weighted by molar-refractivity contribution is 7.18. The van der Waals surface area contributed by atoms with Gasteiger partial charge in [-0.15, -0.1) is 11.3 Å². The second-order valence-electron chi connectivity index (χ2n) is 8.19. The molecule has 31 heavy (non-hydrogen) atoms. The van der Waals surface area contributed by atoms with Gasteiger partial charge in [-0.1, -0.05) is 19.9 Å². The summed E-state index contributed by atoms with van der Waals surface area (Å²) in [6, 6.07) is 7.78. The van der Waals surface area contributed by atoms with Crippen molar-refractivity contribution in [1.29, 1.82) is 0 Å². The van der Waals surface area contributed by atoms with Gasteiger partial charge in [0.15, 0.2) is 0 Å². The third-order valence-electron chi connectivity index (χ3n) is 5.82. The number of likely N-dealkylation sites (tertiary alicyclic amines) is 1. The predicted octanol–water partition coefficient (Wildman–Crippen LogP) is 4.08. The van der Waals surface area contributed by atoms with Crippen molar-refractivity contribution in [3.8, 4) is 0 Å². The Bertz CT molecular complexity index is 1140. The van der Waals surface area contributed by atoms with Crippen molar-refractivity contribution in [2.45, 2.75) is 46.1 Å². The molecule has 3 N–H and O–H groups in total. The third-order valence-corrected chi connectivity index (χ3v) is 6.77. The van der Waals surface area contributed by atoms with Crippen LogP contribution < -0.4 is 11.1 Å². The SMILES string of the molecule is CCc1cc(NC(=O)C(=O)N2CC(C)CCC2c2ccc3sc(C)nc3c2)cnc1N. The van der Waals surface area contributed by atoms with E-state index in [9.17, 15) is 9.59 Å². The maximum atomic E-state index is 13.2. The molecule has 3 aromatic rings. The van der Waals surface area contributed by atoms with Crippen LogP contribution in [0.5, 0.6) is 0 Å². The number of amides is 2. The Labute approximate surface area is 185 Å². The van der Waals surface area contributed by atoms with E-state index in [4.69, 9.17) is 5.73 Å². The lowest BCUT2D eigenvalue weighted by Crippen LogP contribution is -2.46. The number of piperidine rings is 1. The number of pyridine rings is 1. The summed E-state index contributed by atoms with van der Waals surface area (Å²) in [4.78, 5) is 36.4. The topological polar surface area (TPSA) is 101 Å². The summed E-state index contributed by atoms with van der Waals surface area (Å²) in [5.74, 6) is -0.410. The average Bonchev–Trinajstić information content (AvgIpc) is 3.13. The van der Waals surface area contributed by atoms with Crippen molar-refractivity contribution in [3.63, 3.8) is 0 Å². The van der Waals surface area contributed by atoms with Crippen molar-refractivity contribution in [2.24, 2.45) is 5.92 Å². The van der Waals surface area contributed by atoms with Gasteiger partial charge in [0.05, 0.1) is 33.2 Å². The molecule has 3 heterocycles. The Morgan fingerprint density at radius 3 is 2.87 bits per heavy atom. The monoisotopic (exact) mass is 437 g/mol. The van der Waals surface area contributed by atoms with Gasteiger partial charge in [0.1, 0.15) is 5.82 Å². The van der Waals surface area contributed by atoms with E-state index in [0.717, 1.165) is 39.2 Å². The molecule has 1 saturated heterocycles. The fourth-order valence-corrected chi connectivity index (χ4v) is 4.99. The molecule has 0 spiro atoms. The Balaban J connectivity index is 1.57. The van der Waals surface area contributed by atoms with Gasteiger partial charge in [0.25, 0.3) is 0 Å². The van der Waals surface area contributed by atoms with Crippen LogP contribution in [0.15, 0.2) is 30.5 Å². The summed E-state index contributed by atoms with van der Waals surface area (Å²) in [6.07, 6.45) is 4.00. The number of hydrogen-bond acceptors (Lipinski definition) is 6. The van der Waals surface area contributed by atoms with E-state index in [1.165, 1.54) is 6.20 Å². The molecule has 0 saturated carbocycles. The molecule has 4 rings (SSSR count). The molecule has 2 unspecified atom stereocenters. The van der Waals surface area contributed by atoms with Crippen molar-refractivity contribution < 1.29 is 9.59 Å². The number of fused-ring (bicyclic) bond motifs is 1. The maximum Gasteiger partial charge on any atom is 0.313 e. The number of anilines is 2. The number of nitrogen functional groups attached to an aromatic ring is 1. The number of rotatable bonds is 3. The summed E-state index contributed by atoms with van der Waals surface area (Å²) < 4.78 is 1.13. The highest BCUT2D eigenvalue weighted by atomic mass is 32.1. The lowest BCUT2D eigenvalue weighted by atomic mass is 9.89. The van der Waals surface area contributed by atoms with Crippen LogP contribution in [-0.2, 0) is 16.0 Å². The molecule has 1 fully saturated rings. The molecule has 1 aliphatic rings. The Hall–Kier alpha value is -3.00. The number of benzene rings is 1. The van der Waals surface area contributed by atoms with Crippen molar-refractivity contribution >= 4 is 44.9 Å². The summed E-state index contributed by atoms with van der Waals surface area (Å²) in [7, 11) is 0. The van der Waals surface area contributed by atoms with Gasteiger partial charge in [-0.2, -0.15) is 0 Å². The van der Waals surface area contributed by atoms with Crippen molar-refractivity contribution in [2.75, 3.05) is 17.6 Å². The highest BCUT2D eigenvalue weighted by Gasteiger charge is 2.34. The third kappa shape index (κ3) is 4.39. The summed E-state index contributed by atoms with van der Waals surface area (Å²) in [5, 5.41) is 3.72. The van der Waals surface area contributed by atoms with Crippen molar-refractivity contribution in [3.05, 3.63) is 46.6 Å². The normalized spacial score (nSPS) is 18.9. The minimum absolute atomic E-state index is 0.142. The first-order chi connectivity index (χ1) is 14.9. The number of carbonyl (C=O) groups is 2. The zero-order valence-electron chi connectivity index (χ0n) is 18.0. The quantitative estimate of drug-likeness (QED) is 0.601. The molecule has 0 aliphatic carbocycles. The van der Waals surface area contributed by atoms with Gasteiger partial charge in [0.2, 0.25) is 0 Å². The summed E-state index contributed by atoms with van der Waals surface area (Å²) in [6.45, 7) is 6.61. The summed E-state index contributed by atoms with van der Waals surface area (Å²) in [5.41, 5.74) is 9.12. The van der Waals surface area contributed by atoms with Crippen LogP contribution in [0.25, 0.3) is 10.2 Å². The number of nitrogens with one attached hydrogen (secondary N) is 1. The second kappa shape index (κ2) is 8.63. The molecule has 2 atom stereocenters. The van der Waals surface area contributed by atoms with Gasteiger partial charge >= 0.3 is 11.8 Å². The molecule has 2 aromatic heterocycles. The van der Waals surface area contributed by atoms with Gasteiger partial charge in [0, 0.05) is 6.54 Å². The smallest absolute Gasteiger partial charge is 0.313 e. The van der Waals surface area contributed by atoms with Crippen LogP contribution in [-0.4, -0.2) is 33.2 Å². The molecule has 1 aliphatic heterocycles. The number of carbonyl (C=O) groups excluding carboxylic acids is 2. The van der Waals surface area contributed by atoms with Crippen LogP contribution >= 0.6 is 11.3 Å². The molecular formula is C23H27N5O2S. The maximum absolute atomic E-state index is 13.2. The number of aryl methyl sites for hydroxylation is 2. The van der Waals surface area contributed by atoms with Crippen LogP contribution in [0, 0.1) is 12.8 Å². The van der Waals surface area contributed by atoms with E-state index >= 15 is 0 Å². The van der Waals surface area contributed by atoms with Gasteiger partial charge < -0.3 is 16.0 Å². The Morgan fingerprint density at radius 2 is 2.10 bits per heavy atom. The van der Waals surface area contributed by atoms with Crippen LogP contribution in [0.3, 0.4) is 0 Å². The first-order valence-corrected chi connectivity index (χ1v) is 11.4. The number of thiazole rings is 1. The molecular weight excluding hydrogens is 410 g/mol. The van der Waals surface area contributed by atoms with E-state index in [1.54, 1.807) is 22.3 Å². The zero-order valence-corrected chi connectivity index (χ0v) is 18.8. The standard InChI is InChI=1S/C23H27N5O2S/c1-4-15-9-17(11-25-21(15)24)27-22(29)23(30)28-12-13(2)5-7-19(28)16-6-8-20-18(10-16)26-14(3)31-20/h6,8-11,13,19H,4-5,7,12H2,1-3H3,(H2,24,25)(H,27,29). The lowest BCUT2D eigenvalue weighted by Gasteiger charge is -2.38. The molecule has 1 aromatic carbocycles. The van der Waals surface area contributed by atoms with Gasteiger partial charge in [-0.05, 0) is 61.4 Å². The molecule has 0 bridgehead atoms. The largest absolute Gasteiger partial charge is 0.383 e. The van der Waals surface area contributed by atoms with E-state index in [0.29, 0.717) is 30.4 Å². The average molecular weight is 438 g/mol. The fraction of sp³-hybridized carbons (Fsp3) is 0.391. The van der Waals surface area contributed by atoms with E-state index < -0.39 is 11.8 Å². The molecule has 0 radical (unpaired) electrons. The molecule has 2 amide bonds. The van der Waals surface area contributed by atoms with Crippen LogP contribution in [0.2, 0.25) is 0 Å². The van der Waals surface area contributed by atoms with Gasteiger partial charge in [-0.3, -0.25) is 9.59 Å². The van der Waals surface area contributed by atoms with Crippen LogP contribution in [0.1, 0.15) is 48.9 Å². The Kier molecular flexibility index (Phi) is 5.91.